The molecule has 1 aromatic carbocycles. The van der Waals surface area contributed by atoms with Crippen LogP contribution in [0.2, 0.25) is 0 Å². The molecule has 0 heterocycles. The maximum atomic E-state index is 11.7. The summed E-state index contributed by atoms with van der Waals surface area (Å²) in [5.74, 6) is -0.539. The Morgan fingerprint density at radius 3 is 2.53 bits per heavy atom. The lowest BCUT2D eigenvalue weighted by Crippen LogP contribution is -2.25. The number of ketones is 1. The largest absolute Gasteiger partial charge is 0.495 e. The molecule has 0 fully saturated rings. The Hall–Kier alpha value is -1.84. The molecule has 0 saturated heterocycles. The van der Waals surface area contributed by atoms with E-state index in [9.17, 15) is 9.59 Å². The van der Waals surface area contributed by atoms with Crippen LogP contribution in [-0.4, -0.2) is 18.8 Å². The van der Waals surface area contributed by atoms with Crippen LogP contribution in [0, 0.1) is 12.8 Å². The third-order valence-electron chi connectivity index (χ3n) is 2.62. The van der Waals surface area contributed by atoms with Gasteiger partial charge >= 0.3 is 0 Å². The van der Waals surface area contributed by atoms with Crippen LogP contribution in [0.4, 0.5) is 5.69 Å². The molecule has 4 nitrogen and oxygen atoms in total. The fourth-order valence-electron chi connectivity index (χ4n) is 1.33. The highest BCUT2D eigenvalue weighted by Gasteiger charge is 2.18. The molecule has 0 aliphatic rings. The van der Waals surface area contributed by atoms with Crippen LogP contribution in [0.15, 0.2) is 18.2 Å². The van der Waals surface area contributed by atoms with Gasteiger partial charge in [-0.1, -0.05) is 6.07 Å². The minimum absolute atomic E-state index is 0.159. The number of rotatable bonds is 4. The number of carbonyl (C=O) groups is 2. The third-order valence-corrected chi connectivity index (χ3v) is 2.62. The summed E-state index contributed by atoms with van der Waals surface area (Å²) in [6.45, 7) is 4.92. The minimum atomic E-state index is -0.652. The molecule has 0 spiro atoms. The molecule has 1 rings (SSSR count). The molecule has 0 aliphatic heterocycles. The van der Waals surface area contributed by atoms with Crippen molar-refractivity contribution in [3.8, 4) is 5.75 Å². The number of amides is 1. The second-order valence-electron chi connectivity index (χ2n) is 4.03. The Bertz CT molecular complexity index is 440. The second kappa shape index (κ2) is 5.48. The van der Waals surface area contributed by atoms with Gasteiger partial charge in [-0.15, -0.1) is 0 Å². The fraction of sp³-hybridized carbons (Fsp3) is 0.385. The molecule has 1 unspecified atom stereocenters. The number of hydrogen-bond donors (Lipinski definition) is 1. The molecule has 1 aromatic rings. The Morgan fingerprint density at radius 1 is 1.35 bits per heavy atom. The van der Waals surface area contributed by atoms with Gasteiger partial charge < -0.3 is 10.1 Å². The van der Waals surface area contributed by atoms with Crippen molar-refractivity contribution in [2.24, 2.45) is 5.92 Å². The first-order valence-electron chi connectivity index (χ1n) is 5.41. The molecule has 0 saturated carbocycles. The summed E-state index contributed by atoms with van der Waals surface area (Å²) in [5.41, 5.74) is 1.62. The van der Waals surface area contributed by atoms with E-state index in [1.165, 1.54) is 6.92 Å². The van der Waals surface area contributed by atoms with Crippen molar-refractivity contribution in [1.82, 2.24) is 0 Å². The molecular formula is C13H17NO3. The highest BCUT2D eigenvalue weighted by atomic mass is 16.5. The van der Waals surface area contributed by atoms with Crippen LogP contribution < -0.4 is 10.1 Å². The summed E-state index contributed by atoms with van der Waals surface area (Å²) in [6.07, 6.45) is 0. The third kappa shape index (κ3) is 3.31. The normalized spacial score (nSPS) is 11.8. The van der Waals surface area contributed by atoms with Crippen molar-refractivity contribution in [3.05, 3.63) is 23.8 Å². The Labute approximate surface area is 101 Å². The lowest BCUT2D eigenvalue weighted by atomic mass is 10.1. The number of methoxy groups -OCH3 is 1. The summed E-state index contributed by atoms with van der Waals surface area (Å²) in [6, 6.07) is 5.46. The molecule has 0 radical (unpaired) electrons. The molecule has 4 heteroatoms. The molecular weight excluding hydrogens is 218 g/mol. The molecule has 0 aromatic heterocycles. The molecule has 0 aliphatic carbocycles. The standard InChI is InChI=1S/C13H17NO3/c1-8-5-6-11(12(7-8)17-4)14-13(16)9(2)10(3)15/h5-7,9H,1-4H3,(H,14,16). The minimum Gasteiger partial charge on any atom is -0.495 e. The quantitative estimate of drug-likeness (QED) is 0.814. The average molecular weight is 235 g/mol. The van der Waals surface area contributed by atoms with Crippen LogP contribution in [0.25, 0.3) is 0 Å². The van der Waals surface area contributed by atoms with Crippen molar-refractivity contribution < 1.29 is 14.3 Å². The van der Waals surface area contributed by atoms with Gasteiger partial charge in [0.25, 0.3) is 0 Å². The van der Waals surface area contributed by atoms with Gasteiger partial charge in [0.2, 0.25) is 5.91 Å². The van der Waals surface area contributed by atoms with Crippen molar-refractivity contribution >= 4 is 17.4 Å². The van der Waals surface area contributed by atoms with E-state index >= 15 is 0 Å². The van der Waals surface area contributed by atoms with Crippen molar-refractivity contribution in [2.75, 3.05) is 12.4 Å². The summed E-state index contributed by atoms with van der Waals surface area (Å²) in [7, 11) is 1.54. The Morgan fingerprint density at radius 2 is 2.00 bits per heavy atom. The van der Waals surface area contributed by atoms with Gasteiger partial charge in [-0.05, 0) is 38.5 Å². The van der Waals surface area contributed by atoms with Gasteiger partial charge in [0.15, 0.2) is 0 Å². The topological polar surface area (TPSA) is 55.4 Å². The molecule has 0 bridgehead atoms. The van der Waals surface area contributed by atoms with Gasteiger partial charge in [0.1, 0.15) is 11.5 Å². The first kappa shape index (κ1) is 13.2. The van der Waals surface area contributed by atoms with Gasteiger partial charge in [-0.2, -0.15) is 0 Å². The lowest BCUT2D eigenvalue weighted by molar-refractivity contribution is -0.129. The van der Waals surface area contributed by atoms with Crippen LogP contribution >= 0.6 is 0 Å². The zero-order chi connectivity index (χ0) is 13.0. The molecule has 1 amide bonds. The number of hydrogen-bond acceptors (Lipinski definition) is 3. The highest BCUT2D eigenvalue weighted by molar-refractivity contribution is 6.06. The second-order valence-corrected chi connectivity index (χ2v) is 4.03. The number of benzene rings is 1. The lowest BCUT2D eigenvalue weighted by Gasteiger charge is -2.13. The first-order chi connectivity index (χ1) is 7.95. The maximum Gasteiger partial charge on any atom is 0.234 e. The maximum absolute atomic E-state index is 11.7. The van der Waals surface area contributed by atoms with Gasteiger partial charge in [0.05, 0.1) is 18.7 Å². The van der Waals surface area contributed by atoms with E-state index in [0.29, 0.717) is 11.4 Å². The number of Topliss-reactive ketones (excluding diaryl/α,β-unsaturated/α-hetero) is 1. The van der Waals surface area contributed by atoms with Crippen LogP contribution in [0.5, 0.6) is 5.75 Å². The van der Waals surface area contributed by atoms with E-state index in [1.54, 1.807) is 20.1 Å². The summed E-state index contributed by atoms with van der Waals surface area (Å²) in [4.78, 5) is 22.8. The van der Waals surface area contributed by atoms with Gasteiger partial charge in [0, 0.05) is 0 Å². The fourth-order valence-corrected chi connectivity index (χ4v) is 1.33. The monoisotopic (exact) mass is 235 g/mol. The van der Waals surface area contributed by atoms with E-state index in [0.717, 1.165) is 5.56 Å². The number of carbonyl (C=O) groups excluding carboxylic acids is 2. The molecule has 1 atom stereocenters. The van der Waals surface area contributed by atoms with Gasteiger partial charge in [-0.25, -0.2) is 0 Å². The Balaban J connectivity index is 2.88. The molecule has 1 N–H and O–H groups in total. The Kier molecular flexibility index (Phi) is 4.26. The zero-order valence-corrected chi connectivity index (χ0v) is 10.5. The SMILES string of the molecule is COc1cc(C)ccc1NC(=O)C(C)C(C)=O. The van der Waals surface area contributed by atoms with E-state index in [4.69, 9.17) is 4.74 Å². The van der Waals surface area contributed by atoms with Crippen LogP contribution in [0.1, 0.15) is 19.4 Å². The number of anilines is 1. The van der Waals surface area contributed by atoms with Crippen LogP contribution in [-0.2, 0) is 9.59 Å². The van der Waals surface area contributed by atoms with Crippen LogP contribution in [0.3, 0.4) is 0 Å². The van der Waals surface area contributed by atoms with Crippen molar-refractivity contribution in [3.63, 3.8) is 0 Å². The summed E-state index contributed by atoms with van der Waals surface area (Å²) < 4.78 is 5.17. The summed E-state index contributed by atoms with van der Waals surface area (Å²) >= 11 is 0. The van der Waals surface area contributed by atoms with E-state index in [-0.39, 0.29) is 11.7 Å². The average Bonchev–Trinajstić information content (AvgIpc) is 2.30. The highest BCUT2D eigenvalue weighted by Crippen LogP contribution is 2.25. The molecule has 17 heavy (non-hydrogen) atoms. The van der Waals surface area contributed by atoms with E-state index < -0.39 is 5.92 Å². The van der Waals surface area contributed by atoms with Crippen molar-refractivity contribution in [2.45, 2.75) is 20.8 Å². The van der Waals surface area contributed by atoms with E-state index in [1.807, 2.05) is 19.1 Å². The predicted octanol–water partition coefficient (Wildman–Crippen LogP) is 2.17. The smallest absolute Gasteiger partial charge is 0.234 e. The van der Waals surface area contributed by atoms with Crippen molar-refractivity contribution in [1.29, 1.82) is 0 Å². The molecule has 92 valence electrons. The zero-order valence-electron chi connectivity index (χ0n) is 10.5. The first-order valence-corrected chi connectivity index (χ1v) is 5.41. The number of aryl methyl sites for hydroxylation is 1. The predicted molar refractivity (Wildman–Crippen MR) is 66.2 cm³/mol. The summed E-state index contributed by atoms with van der Waals surface area (Å²) in [5, 5.41) is 2.68. The van der Waals surface area contributed by atoms with E-state index in [2.05, 4.69) is 5.32 Å². The number of ether oxygens (including phenoxy) is 1. The number of nitrogens with one attached hydrogen (secondary N) is 1. The van der Waals surface area contributed by atoms with Gasteiger partial charge in [-0.3, -0.25) is 9.59 Å².